The Kier molecular flexibility index (Phi) is 14.4. The minimum atomic E-state index is -1.56. The zero-order valence-corrected chi connectivity index (χ0v) is 35.4. The van der Waals surface area contributed by atoms with Crippen molar-refractivity contribution in [2.45, 2.75) is 70.6 Å². The van der Waals surface area contributed by atoms with Gasteiger partial charge >= 0.3 is 5.97 Å². The molecule has 0 bridgehead atoms. The molecule has 316 valence electrons. The number of para-hydroxylation sites is 2. The Morgan fingerprint density at radius 3 is 2.02 bits per heavy atom. The molecule has 2 N–H and O–H groups in total. The SMILES string of the molecule is CC(C)(C)OC(=O)C[C@H](NC(=O)CN1C(=O)[C@@H](NC(=O)CCc2ccccc2)CN(C(=O)CCc2ccccc2)c2ccccc21)C(=O)c1ncc(-c2c(Cl)cccc2Cl)o1. The highest BCUT2D eigenvalue weighted by molar-refractivity contribution is 6.39. The van der Waals surface area contributed by atoms with Gasteiger partial charge in [0.25, 0.3) is 11.8 Å². The molecule has 5 aromatic rings. The first-order valence-corrected chi connectivity index (χ1v) is 20.5. The van der Waals surface area contributed by atoms with E-state index in [0.29, 0.717) is 18.5 Å². The Hall–Kier alpha value is -6.31. The Morgan fingerprint density at radius 2 is 1.39 bits per heavy atom. The number of carbonyl (C=O) groups is 6. The molecule has 6 rings (SSSR count). The molecule has 0 unspecified atom stereocenters. The van der Waals surface area contributed by atoms with E-state index in [0.717, 1.165) is 16.0 Å². The number of halogens is 2. The molecule has 4 aromatic carbocycles. The highest BCUT2D eigenvalue weighted by atomic mass is 35.5. The number of rotatable bonds is 15. The number of amides is 4. The molecule has 2 heterocycles. The van der Waals surface area contributed by atoms with Crippen LogP contribution in [-0.2, 0) is 41.6 Å². The zero-order valence-electron chi connectivity index (χ0n) is 33.9. The van der Waals surface area contributed by atoms with E-state index in [1.807, 2.05) is 60.7 Å². The first kappa shape index (κ1) is 44.2. The minimum Gasteiger partial charge on any atom is -0.460 e. The number of ether oxygens (including phenoxy) is 1. The fraction of sp³-hybridized carbons (Fsp3) is 0.283. The van der Waals surface area contributed by atoms with Crippen molar-refractivity contribution < 1.29 is 37.9 Å². The van der Waals surface area contributed by atoms with Crippen LogP contribution < -0.4 is 20.4 Å². The molecule has 61 heavy (non-hydrogen) atoms. The van der Waals surface area contributed by atoms with Gasteiger partial charge in [0, 0.05) is 12.8 Å². The van der Waals surface area contributed by atoms with E-state index in [1.165, 1.54) is 11.1 Å². The van der Waals surface area contributed by atoms with Crippen LogP contribution in [0.25, 0.3) is 11.3 Å². The van der Waals surface area contributed by atoms with Gasteiger partial charge in [-0.15, -0.1) is 0 Å². The summed E-state index contributed by atoms with van der Waals surface area (Å²) < 4.78 is 11.3. The number of anilines is 2. The molecule has 0 radical (unpaired) electrons. The molecule has 1 aromatic heterocycles. The van der Waals surface area contributed by atoms with Crippen LogP contribution in [0.1, 0.15) is 61.8 Å². The Bertz CT molecular complexity index is 2380. The molecule has 1 aliphatic rings. The number of fused-ring (bicyclic) bond motifs is 1. The summed E-state index contributed by atoms with van der Waals surface area (Å²) in [6, 6.07) is 27.5. The quantitative estimate of drug-likeness (QED) is 0.0819. The fourth-order valence-corrected chi connectivity index (χ4v) is 7.41. The van der Waals surface area contributed by atoms with Gasteiger partial charge in [0.1, 0.15) is 24.2 Å². The maximum Gasteiger partial charge on any atom is 0.308 e. The van der Waals surface area contributed by atoms with Gasteiger partial charge in [-0.05, 0) is 69.0 Å². The van der Waals surface area contributed by atoms with Gasteiger partial charge in [-0.2, -0.15) is 0 Å². The van der Waals surface area contributed by atoms with Gasteiger partial charge in [-0.3, -0.25) is 33.7 Å². The molecule has 0 saturated heterocycles. The second-order valence-corrected chi connectivity index (χ2v) is 16.2. The van der Waals surface area contributed by atoms with E-state index < -0.39 is 66.0 Å². The van der Waals surface area contributed by atoms with Crippen molar-refractivity contribution in [3.05, 3.63) is 136 Å². The first-order chi connectivity index (χ1) is 29.2. The average molecular weight is 867 g/mol. The maximum absolute atomic E-state index is 14.6. The number of hydrogen-bond acceptors (Lipinski definition) is 9. The maximum atomic E-state index is 14.6. The van der Waals surface area contributed by atoms with Crippen molar-refractivity contribution in [2.75, 3.05) is 22.9 Å². The molecule has 1 aliphatic heterocycles. The number of nitrogens with zero attached hydrogens (tertiary/aromatic N) is 3. The number of oxazole rings is 1. The second-order valence-electron chi connectivity index (χ2n) is 15.4. The van der Waals surface area contributed by atoms with Crippen molar-refractivity contribution in [1.29, 1.82) is 0 Å². The predicted octanol–water partition coefficient (Wildman–Crippen LogP) is 7.18. The first-order valence-electron chi connectivity index (χ1n) is 19.7. The number of aromatic nitrogens is 1. The lowest BCUT2D eigenvalue weighted by molar-refractivity contribution is -0.155. The monoisotopic (exact) mass is 865 g/mol. The van der Waals surface area contributed by atoms with Crippen LogP contribution in [0.3, 0.4) is 0 Å². The number of esters is 1. The number of hydrogen-bond donors (Lipinski definition) is 2. The summed E-state index contributed by atoms with van der Waals surface area (Å²) in [5, 5.41) is 5.89. The third-order valence-corrected chi connectivity index (χ3v) is 10.3. The van der Waals surface area contributed by atoms with E-state index in [2.05, 4.69) is 15.6 Å². The van der Waals surface area contributed by atoms with Gasteiger partial charge in [-0.25, -0.2) is 4.98 Å². The van der Waals surface area contributed by atoms with Crippen LogP contribution in [0.4, 0.5) is 11.4 Å². The van der Waals surface area contributed by atoms with Gasteiger partial charge < -0.3 is 24.7 Å². The molecular formula is C46H45Cl2N5O8. The van der Waals surface area contributed by atoms with Gasteiger partial charge in [0.15, 0.2) is 5.76 Å². The molecule has 15 heteroatoms. The number of aryl methyl sites for hydroxylation is 2. The van der Waals surface area contributed by atoms with Crippen molar-refractivity contribution in [2.24, 2.45) is 0 Å². The van der Waals surface area contributed by atoms with Crippen LogP contribution in [0.15, 0.2) is 114 Å². The Balaban J connectivity index is 1.28. The third kappa shape index (κ3) is 11.7. The molecule has 0 aliphatic carbocycles. The van der Waals surface area contributed by atoms with Gasteiger partial charge in [0.05, 0.1) is 46.1 Å². The van der Waals surface area contributed by atoms with Crippen LogP contribution in [0.5, 0.6) is 0 Å². The average Bonchev–Trinajstić information content (AvgIpc) is 3.68. The number of nitrogens with one attached hydrogen (secondary N) is 2. The normalized spacial score (nSPS) is 14.4. The van der Waals surface area contributed by atoms with Crippen LogP contribution in [0.2, 0.25) is 10.0 Å². The largest absolute Gasteiger partial charge is 0.460 e. The highest BCUT2D eigenvalue weighted by Crippen LogP contribution is 2.36. The molecule has 0 saturated carbocycles. The summed E-state index contributed by atoms with van der Waals surface area (Å²) in [5.41, 5.74) is 1.81. The smallest absolute Gasteiger partial charge is 0.308 e. The summed E-state index contributed by atoms with van der Waals surface area (Å²) in [6.45, 7) is 4.09. The van der Waals surface area contributed by atoms with Crippen molar-refractivity contribution in [3.8, 4) is 11.3 Å². The standard InChI is InChI=1S/C46H45Cl2N5O8/c1-46(2,3)61-41(57)25-33(43(58)44-49-26-37(60-44)42-31(47)17-12-18-32(42)48)50-39(55)28-53-36-20-11-10-19-35(36)52(40(56)24-22-30-15-8-5-9-16-30)27-34(45(53)59)51-38(54)23-21-29-13-6-4-7-14-29/h4-20,26,33-34H,21-25,27-28H2,1-3H3,(H,50,55)(H,51,54)/t33-,34-/m0/s1. The Morgan fingerprint density at radius 1 is 0.803 bits per heavy atom. The van der Waals surface area contributed by atoms with Crippen LogP contribution in [-0.4, -0.2) is 71.1 Å². The van der Waals surface area contributed by atoms with E-state index in [1.54, 1.807) is 63.2 Å². The third-order valence-electron chi connectivity index (χ3n) is 9.65. The lowest BCUT2D eigenvalue weighted by Gasteiger charge is -2.26. The summed E-state index contributed by atoms with van der Waals surface area (Å²) in [4.78, 5) is 90.0. The molecule has 13 nitrogen and oxygen atoms in total. The number of ketones is 1. The van der Waals surface area contributed by atoms with Crippen molar-refractivity contribution in [1.82, 2.24) is 15.6 Å². The summed E-state index contributed by atoms with van der Waals surface area (Å²) in [7, 11) is 0. The minimum absolute atomic E-state index is 0.0584. The van der Waals surface area contributed by atoms with E-state index in [9.17, 15) is 28.8 Å². The summed E-state index contributed by atoms with van der Waals surface area (Å²) in [5.74, 6) is -4.28. The van der Waals surface area contributed by atoms with Gasteiger partial charge in [0.2, 0.25) is 23.5 Å². The van der Waals surface area contributed by atoms with E-state index in [4.69, 9.17) is 32.4 Å². The molecule has 0 fully saturated rings. The number of benzene rings is 4. The topological polar surface area (TPSA) is 168 Å². The van der Waals surface area contributed by atoms with E-state index >= 15 is 0 Å². The molecule has 2 atom stereocenters. The van der Waals surface area contributed by atoms with Crippen LogP contribution in [0, 0.1) is 0 Å². The molecule has 0 spiro atoms. The lowest BCUT2D eigenvalue weighted by Crippen LogP contribution is -2.55. The van der Waals surface area contributed by atoms with Crippen molar-refractivity contribution in [3.63, 3.8) is 0 Å². The number of carbonyl (C=O) groups excluding carboxylic acids is 6. The van der Waals surface area contributed by atoms with Crippen LogP contribution >= 0.6 is 23.2 Å². The fourth-order valence-electron chi connectivity index (χ4n) is 6.82. The van der Waals surface area contributed by atoms with Gasteiger partial charge in [-0.1, -0.05) is 102 Å². The second kappa shape index (κ2) is 19.8. The molecule has 4 amide bonds. The summed E-state index contributed by atoms with van der Waals surface area (Å²) >= 11 is 12.7. The predicted molar refractivity (Wildman–Crippen MR) is 231 cm³/mol. The lowest BCUT2D eigenvalue weighted by atomic mass is 10.1. The number of Topliss-reactive ketones (excluding diaryl/α,β-unsaturated/α-hetero) is 1. The highest BCUT2D eigenvalue weighted by Gasteiger charge is 2.39. The Labute approximate surface area is 363 Å². The van der Waals surface area contributed by atoms with Crippen molar-refractivity contribution >= 4 is 70.0 Å². The van der Waals surface area contributed by atoms with E-state index in [-0.39, 0.29) is 52.3 Å². The summed E-state index contributed by atoms with van der Waals surface area (Å²) in [6.07, 6.45) is 1.63. The zero-order chi connectivity index (χ0) is 43.7. The molecular weight excluding hydrogens is 821 g/mol.